The van der Waals surface area contributed by atoms with Crippen LogP contribution in [0.4, 0.5) is 10.5 Å². The molecule has 0 spiro atoms. The Labute approximate surface area is 185 Å². The normalized spacial score (nSPS) is 25.4. The fraction of sp³-hybridized carbons (Fsp3) is 0.625. The number of hydrogen-bond acceptors (Lipinski definition) is 4. The van der Waals surface area contributed by atoms with Gasteiger partial charge >= 0.3 is 6.03 Å². The lowest BCUT2D eigenvalue weighted by molar-refractivity contribution is 0.187. The van der Waals surface area contributed by atoms with Gasteiger partial charge in [0.2, 0.25) is 0 Å². The molecule has 1 unspecified atom stereocenters. The smallest absolute Gasteiger partial charge is 0.317 e. The first-order valence-corrected chi connectivity index (χ1v) is 12.3. The number of piperazine rings is 1. The van der Waals surface area contributed by atoms with Gasteiger partial charge in [0, 0.05) is 61.6 Å². The van der Waals surface area contributed by atoms with E-state index in [1.54, 1.807) is 4.90 Å². The Morgan fingerprint density at radius 1 is 1.17 bits per heavy atom. The van der Waals surface area contributed by atoms with E-state index >= 15 is 0 Å². The number of anilines is 1. The van der Waals surface area contributed by atoms with Gasteiger partial charge in [0.25, 0.3) is 0 Å². The molecular weight excluding hydrogens is 392 g/mol. The highest BCUT2D eigenvalue weighted by molar-refractivity contribution is 7.17. The van der Waals surface area contributed by atoms with Crippen LogP contribution in [0.3, 0.4) is 0 Å². The highest BCUT2D eigenvalue weighted by Crippen LogP contribution is 2.33. The van der Waals surface area contributed by atoms with Crippen molar-refractivity contribution in [3.63, 3.8) is 0 Å². The molecule has 1 aromatic carbocycles. The third kappa shape index (κ3) is 4.92. The molecule has 2 aromatic rings. The van der Waals surface area contributed by atoms with Crippen LogP contribution in [0.1, 0.15) is 39.0 Å². The second-order valence-corrected chi connectivity index (χ2v) is 10.3. The van der Waals surface area contributed by atoms with Crippen LogP contribution in [0, 0.1) is 5.92 Å². The van der Waals surface area contributed by atoms with Gasteiger partial charge in [-0.1, -0.05) is 6.07 Å². The summed E-state index contributed by atoms with van der Waals surface area (Å²) in [7, 11) is 3.62. The summed E-state index contributed by atoms with van der Waals surface area (Å²) in [6, 6.07) is 9.93. The highest BCUT2D eigenvalue weighted by Gasteiger charge is 2.27. The summed E-state index contributed by atoms with van der Waals surface area (Å²) in [6.45, 7) is 6.99. The van der Waals surface area contributed by atoms with Crippen molar-refractivity contribution in [2.45, 2.75) is 51.1 Å². The van der Waals surface area contributed by atoms with Crippen molar-refractivity contribution in [3.05, 3.63) is 29.6 Å². The Morgan fingerprint density at radius 2 is 1.97 bits per heavy atom. The third-order valence-corrected chi connectivity index (χ3v) is 7.81. The zero-order valence-corrected chi connectivity index (χ0v) is 19.5. The van der Waals surface area contributed by atoms with Gasteiger partial charge < -0.3 is 15.1 Å². The first-order chi connectivity index (χ1) is 14.5. The predicted molar refractivity (Wildman–Crippen MR) is 128 cm³/mol. The van der Waals surface area contributed by atoms with Crippen molar-refractivity contribution in [2.24, 2.45) is 5.92 Å². The zero-order valence-electron chi connectivity index (χ0n) is 18.6. The molecule has 30 heavy (non-hydrogen) atoms. The predicted octanol–water partition coefficient (Wildman–Crippen LogP) is 4.63. The standard InChI is InChI=1S/C24H36N4OS/c1-18-17-27(13-11-19-7-9-20(10-8-19)25-24(29)26(2)3)14-15-28(18)22-5-4-6-23-21(22)12-16-30-23/h4-6,12,16,18-20H,7-11,13-15,17H2,1-3H3,(H,25,29). The van der Waals surface area contributed by atoms with Crippen molar-refractivity contribution in [1.29, 1.82) is 0 Å². The minimum atomic E-state index is 0.0449. The maximum atomic E-state index is 11.8. The van der Waals surface area contributed by atoms with E-state index in [1.807, 2.05) is 25.4 Å². The number of nitrogens with one attached hydrogen (secondary N) is 1. The quantitative estimate of drug-likeness (QED) is 0.754. The molecule has 1 aromatic heterocycles. The van der Waals surface area contributed by atoms with Crippen molar-refractivity contribution in [1.82, 2.24) is 15.1 Å². The lowest BCUT2D eigenvalue weighted by Gasteiger charge is -2.42. The van der Waals surface area contributed by atoms with Crippen LogP contribution in [0.2, 0.25) is 0 Å². The van der Waals surface area contributed by atoms with Crippen LogP contribution in [0.25, 0.3) is 10.1 Å². The van der Waals surface area contributed by atoms with Gasteiger partial charge in [-0.25, -0.2) is 4.79 Å². The second-order valence-electron chi connectivity index (χ2n) is 9.30. The summed E-state index contributed by atoms with van der Waals surface area (Å²) >= 11 is 1.83. The van der Waals surface area contributed by atoms with Crippen LogP contribution in [-0.2, 0) is 0 Å². The molecule has 6 heteroatoms. The van der Waals surface area contributed by atoms with E-state index in [0.717, 1.165) is 38.4 Å². The van der Waals surface area contributed by atoms with Crippen LogP contribution >= 0.6 is 11.3 Å². The van der Waals surface area contributed by atoms with Gasteiger partial charge in [-0.05, 0) is 75.1 Å². The molecule has 0 radical (unpaired) electrons. The molecule has 4 rings (SSSR count). The van der Waals surface area contributed by atoms with Crippen molar-refractivity contribution >= 4 is 33.1 Å². The van der Waals surface area contributed by atoms with Crippen LogP contribution in [0.5, 0.6) is 0 Å². The molecule has 1 aliphatic carbocycles. The summed E-state index contributed by atoms with van der Waals surface area (Å²) in [4.78, 5) is 18.7. The number of urea groups is 1. The van der Waals surface area contributed by atoms with E-state index in [0.29, 0.717) is 12.1 Å². The molecule has 1 saturated carbocycles. The van der Waals surface area contributed by atoms with Crippen LogP contribution in [0.15, 0.2) is 29.6 Å². The molecule has 2 amide bonds. The number of amides is 2. The van der Waals surface area contributed by atoms with Gasteiger partial charge in [0.05, 0.1) is 0 Å². The monoisotopic (exact) mass is 428 g/mol. The Bertz CT molecular complexity index is 843. The Hall–Kier alpha value is -1.79. The molecule has 2 fully saturated rings. The van der Waals surface area contributed by atoms with Gasteiger partial charge in [0.15, 0.2) is 0 Å². The summed E-state index contributed by atoms with van der Waals surface area (Å²) in [5.74, 6) is 0.811. The Morgan fingerprint density at radius 3 is 2.70 bits per heavy atom. The third-order valence-electron chi connectivity index (χ3n) is 6.93. The maximum absolute atomic E-state index is 11.8. The number of thiophene rings is 1. The maximum Gasteiger partial charge on any atom is 0.317 e. The van der Waals surface area contributed by atoms with Crippen LogP contribution in [-0.4, -0.2) is 68.2 Å². The minimum absolute atomic E-state index is 0.0449. The highest BCUT2D eigenvalue weighted by atomic mass is 32.1. The van der Waals surface area contributed by atoms with E-state index in [1.165, 1.54) is 41.6 Å². The number of nitrogens with zero attached hydrogens (tertiary/aromatic N) is 3. The van der Waals surface area contributed by atoms with E-state index in [4.69, 9.17) is 0 Å². The van der Waals surface area contributed by atoms with E-state index in [2.05, 4.69) is 51.7 Å². The number of hydrogen-bond donors (Lipinski definition) is 1. The van der Waals surface area contributed by atoms with Crippen molar-refractivity contribution < 1.29 is 4.79 Å². The average molecular weight is 429 g/mol. The molecule has 0 bridgehead atoms. The SMILES string of the molecule is CC1CN(CCC2CCC(NC(=O)N(C)C)CC2)CCN1c1cccc2sccc12. The van der Waals surface area contributed by atoms with Gasteiger partial charge in [-0.3, -0.25) is 4.90 Å². The van der Waals surface area contributed by atoms with Gasteiger partial charge in [0.1, 0.15) is 0 Å². The Balaban J connectivity index is 1.23. The topological polar surface area (TPSA) is 38.8 Å². The molecule has 2 heterocycles. The largest absolute Gasteiger partial charge is 0.366 e. The number of carbonyl (C=O) groups excluding carboxylic acids is 1. The van der Waals surface area contributed by atoms with Crippen molar-refractivity contribution in [3.8, 4) is 0 Å². The summed E-state index contributed by atoms with van der Waals surface area (Å²) < 4.78 is 1.39. The summed E-state index contributed by atoms with van der Waals surface area (Å²) in [5.41, 5.74) is 1.40. The fourth-order valence-electron chi connectivity index (χ4n) is 5.09. The molecular formula is C24H36N4OS. The average Bonchev–Trinajstić information content (AvgIpc) is 3.22. The molecule has 5 nitrogen and oxygen atoms in total. The summed E-state index contributed by atoms with van der Waals surface area (Å²) in [5, 5.41) is 6.76. The fourth-order valence-corrected chi connectivity index (χ4v) is 5.89. The van der Waals surface area contributed by atoms with E-state index in [-0.39, 0.29) is 6.03 Å². The first kappa shape index (κ1) is 21.4. The summed E-state index contributed by atoms with van der Waals surface area (Å²) in [6.07, 6.45) is 6.03. The molecule has 1 aliphatic heterocycles. The number of rotatable bonds is 5. The van der Waals surface area contributed by atoms with E-state index in [9.17, 15) is 4.79 Å². The zero-order chi connectivity index (χ0) is 21.1. The van der Waals surface area contributed by atoms with Crippen LogP contribution < -0.4 is 10.2 Å². The molecule has 164 valence electrons. The lowest BCUT2D eigenvalue weighted by Crippen LogP contribution is -2.52. The molecule has 1 N–H and O–H groups in total. The van der Waals surface area contributed by atoms with Gasteiger partial charge in [-0.15, -0.1) is 11.3 Å². The molecule has 1 saturated heterocycles. The lowest BCUT2D eigenvalue weighted by atomic mass is 9.84. The minimum Gasteiger partial charge on any atom is -0.366 e. The van der Waals surface area contributed by atoms with Crippen molar-refractivity contribution in [2.75, 3.05) is 45.2 Å². The number of carbonyl (C=O) groups is 1. The number of benzene rings is 1. The molecule has 2 aliphatic rings. The molecule has 1 atom stereocenters. The number of fused-ring (bicyclic) bond motifs is 1. The van der Waals surface area contributed by atoms with E-state index < -0.39 is 0 Å². The Kier molecular flexibility index (Phi) is 6.84. The first-order valence-electron chi connectivity index (χ1n) is 11.4. The van der Waals surface area contributed by atoms with Gasteiger partial charge in [-0.2, -0.15) is 0 Å². The second kappa shape index (κ2) is 9.56.